The van der Waals surface area contributed by atoms with Crippen molar-refractivity contribution in [2.75, 3.05) is 0 Å². The van der Waals surface area contributed by atoms with Gasteiger partial charge < -0.3 is 4.85 Å². The zero-order valence-corrected chi connectivity index (χ0v) is 12.2. The molecule has 0 unspecified atom stereocenters. The van der Waals surface area contributed by atoms with Gasteiger partial charge in [0.1, 0.15) is 18.1 Å². The van der Waals surface area contributed by atoms with Gasteiger partial charge in [-0.2, -0.15) is 4.68 Å². The van der Waals surface area contributed by atoms with Gasteiger partial charge in [-0.05, 0) is 19.1 Å². The molecule has 3 rings (SSSR count). The summed E-state index contributed by atoms with van der Waals surface area (Å²) in [5, 5.41) is 4.25. The number of rotatable bonds is 3. The van der Waals surface area contributed by atoms with E-state index in [1.807, 2.05) is 0 Å². The van der Waals surface area contributed by atoms with Gasteiger partial charge in [-0.1, -0.05) is 29.9 Å². The Morgan fingerprint density at radius 3 is 2.70 bits per heavy atom. The normalized spacial score (nSPS) is 10.5. The van der Waals surface area contributed by atoms with Crippen LogP contribution in [-0.4, -0.2) is 19.7 Å². The first-order valence-electron chi connectivity index (χ1n) is 6.76. The van der Waals surface area contributed by atoms with Crippen LogP contribution in [0.1, 0.15) is 11.3 Å². The summed E-state index contributed by atoms with van der Waals surface area (Å²) in [6.07, 6.45) is 1.06. The monoisotopic (exact) mass is 311 g/mol. The third kappa shape index (κ3) is 2.92. The molecule has 2 heterocycles. The smallest absolute Gasteiger partial charge is 0.253 e. The van der Waals surface area contributed by atoms with Crippen LogP contribution in [0.25, 0.3) is 16.4 Å². The van der Waals surface area contributed by atoms with Gasteiger partial charge in [-0.25, -0.2) is 18.7 Å². The zero-order chi connectivity index (χ0) is 16.4. The molecule has 5 nitrogen and oxygen atoms in total. The van der Waals surface area contributed by atoms with Crippen LogP contribution >= 0.6 is 0 Å². The van der Waals surface area contributed by atoms with E-state index in [0.717, 1.165) is 6.20 Å². The van der Waals surface area contributed by atoms with Crippen LogP contribution < -0.4 is 0 Å². The summed E-state index contributed by atoms with van der Waals surface area (Å²) in [7, 11) is 0. The highest BCUT2D eigenvalue weighted by molar-refractivity contribution is 5.56. The fourth-order valence-electron chi connectivity index (χ4n) is 2.09. The van der Waals surface area contributed by atoms with Gasteiger partial charge in [0.2, 0.25) is 0 Å². The van der Waals surface area contributed by atoms with Crippen molar-refractivity contribution in [3.63, 3.8) is 0 Å². The molecule has 23 heavy (non-hydrogen) atoms. The fourth-order valence-corrected chi connectivity index (χ4v) is 2.09. The standard InChI is InChI=1S/C16H11F2N5/c1-10-13(18)8-20-16(21-10)14-7-15(19-2)23(22-14)9-11-5-3-4-6-12(11)17/h3-8H,9H2,1H3. The molecule has 0 saturated heterocycles. The Kier molecular flexibility index (Phi) is 3.81. The zero-order valence-electron chi connectivity index (χ0n) is 12.2. The van der Waals surface area contributed by atoms with Crippen LogP contribution in [0.5, 0.6) is 0 Å². The lowest BCUT2D eigenvalue weighted by Crippen LogP contribution is -2.04. The molecule has 0 bridgehead atoms. The summed E-state index contributed by atoms with van der Waals surface area (Å²) in [6.45, 7) is 8.86. The second-order valence-corrected chi connectivity index (χ2v) is 4.88. The average molecular weight is 311 g/mol. The number of benzene rings is 1. The van der Waals surface area contributed by atoms with Crippen LogP contribution in [-0.2, 0) is 6.54 Å². The molecule has 0 aliphatic rings. The van der Waals surface area contributed by atoms with Crippen LogP contribution in [0.15, 0.2) is 36.5 Å². The van der Waals surface area contributed by atoms with E-state index in [2.05, 4.69) is 19.9 Å². The Balaban J connectivity index is 2.00. The van der Waals surface area contributed by atoms with Crippen molar-refractivity contribution in [2.24, 2.45) is 0 Å². The predicted octanol–water partition coefficient (Wildman–Crippen LogP) is 3.53. The Bertz CT molecular complexity index is 911. The fraction of sp³-hybridized carbons (Fsp3) is 0.125. The molecule has 0 aliphatic heterocycles. The van der Waals surface area contributed by atoms with Crippen molar-refractivity contribution in [2.45, 2.75) is 13.5 Å². The van der Waals surface area contributed by atoms with Crippen molar-refractivity contribution in [1.82, 2.24) is 19.7 Å². The number of hydrogen-bond acceptors (Lipinski definition) is 3. The molecular formula is C16H11F2N5. The van der Waals surface area contributed by atoms with E-state index in [1.54, 1.807) is 18.2 Å². The SMILES string of the molecule is [C-]#[N+]c1cc(-c2ncc(F)c(C)n2)nn1Cc1ccccc1F. The maximum Gasteiger partial charge on any atom is 0.253 e. The van der Waals surface area contributed by atoms with Crippen LogP contribution in [0, 0.1) is 25.1 Å². The second-order valence-electron chi connectivity index (χ2n) is 4.88. The van der Waals surface area contributed by atoms with Crippen molar-refractivity contribution >= 4 is 5.82 Å². The van der Waals surface area contributed by atoms with Crippen molar-refractivity contribution in [3.05, 3.63) is 70.8 Å². The molecule has 0 atom stereocenters. The van der Waals surface area contributed by atoms with Crippen LogP contribution in [0.4, 0.5) is 14.6 Å². The first-order chi connectivity index (χ1) is 11.1. The Labute approximate surface area is 131 Å². The van der Waals surface area contributed by atoms with Crippen LogP contribution in [0.2, 0.25) is 0 Å². The molecule has 0 spiro atoms. The van der Waals surface area contributed by atoms with Gasteiger partial charge in [-0.15, -0.1) is 0 Å². The molecule has 0 radical (unpaired) electrons. The molecule has 0 amide bonds. The maximum atomic E-state index is 13.8. The number of hydrogen-bond donors (Lipinski definition) is 0. The molecule has 0 aliphatic carbocycles. The lowest BCUT2D eigenvalue weighted by Gasteiger charge is -2.01. The van der Waals surface area contributed by atoms with Gasteiger partial charge in [0.15, 0.2) is 11.6 Å². The molecule has 0 N–H and O–H groups in total. The van der Waals surface area contributed by atoms with Gasteiger partial charge in [0.05, 0.1) is 11.9 Å². The highest BCUT2D eigenvalue weighted by atomic mass is 19.1. The lowest BCUT2D eigenvalue weighted by atomic mass is 10.2. The van der Waals surface area contributed by atoms with Crippen molar-refractivity contribution < 1.29 is 8.78 Å². The maximum absolute atomic E-state index is 13.8. The highest BCUT2D eigenvalue weighted by Gasteiger charge is 2.16. The molecule has 0 fully saturated rings. The van der Waals surface area contributed by atoms with Gasteiger partial charge in [0.25, 0.3) is 5.82 Å². The molecule has 0 saturated carbocycles. The minimum absolute atomic E-state index is 0.116. The third-order valence-electron chi connectivity index (χ3n) is 3.30. The van der Waals surface area contributed by atoms with Crippen LogP contribution in [0.3, 0.4) is 0 Å². The molecule has 2 aromatic heterocycles. The number of aryl methyl sites for hydroxylation is 1. The average Bonchev–Trinajstić information content (AvgIpc) is 2.95. The lowest BCUT2D eigenvalue weighted by molar-refractivity contribution is 0.588. The van der Waals surface area contributed by atoms with E-state index in [9.17, 15) is 8.78 Å². The van der Waals surface area contributed by atoms with Gasteiger partial charge in [-0.3, -0.25) is 0 Å². The summed E-state index contributed by atoms with van der Waals surface area (Å²) in [4.78, 5) is 11.3. The van der Waals surface area contributed by atoms with Crippen molar-refractivity contribution in [1.29, 1.82) is 0 Å². The minimum Gasteiger partial charge on any atom is -0.362 e. The first-order valence-corrected chi connectivity index (χ1v) is 6.76. The minimum atomic E-state index is -0.509. The van der Waals surface area contributed by atoms with Gasteiger partial charge >= 0.3 is 0 Å². The van der Waals surface area contributed by atoms with Gasteiger partial charge in [0, 0.05) is 5.56 Å². The summed E-state index contributed by atoms with van der Waals surface area (Å²) in [5.74, 6) is -0.422. The van der Waals surface area contributed by atoms with E-state index >= 15 is 0 Å². The molecule has 114 valence electrons. The highest BCUT2D eigenvalue weighted by Crippen LogP contribution is 2.23. The summed E-state index contributed by atoms with van der Waals surface area (Å²) in [6, 6.07) is 7.79. The number of aromatic nitrogens is 4. The summed E-state index contributed by atoms with van der Waals surface area (Å²) >= 11 is 0. The third-order valence-corrected chi connectivity index (χ3v) is 3.30. The number of nitrogens with zero attached hydrogens (tertiary/aromatic N) is 5. The molecule has 1 aromatic carbocycles. The predicted molar refractivity (Wildman–Crippen MR) is 79.7 cm³/mol. The quantitative estimate of drug-likeness (QED) is 0.695. The van der Waals surface area contributed by atoms with Crippen molar-refractivity contribution in [3.8, 4) is 11.5 Å². The largest absolute Gasteiger partial charge is 0.362 e. The summed E-state index contributed by atoms with van der Waals surface area (Å²) in [5.41, 5.74) is 0.960. The second kappa shape index (κ2) is 5.93. The van der Waals surface area contributed by atoms with E-state index in [-0.39, 0.29) is 29.7 Å². The first kappa shape index (κ1) is 14.8. The number of halogens is 2. The molecule has 7 heteroatoms. The molecular weight excluding hydrogens is 300 g/mol. The Morgan fingerprint density at radius 1 is 1.22 bits per heavy atom. The molecule has 3 aromatic rings. The van der Waals surface area contributed by atoms with E-state index in [0.29, 0.717) is 11.3 Å². The van der Waals surface area contributed by atoms with E-state index in [1.165, 1.54) is 23.7 Å². The summed E-state index contributed by atoms with van der Waals surface area (Å²) < 4.78 is 28.4. The van der Waals surface area contributed by atoms with E-state index in [4.69, 9.17) is 6.57 Å². The Morgan fingerprint density at radius 2 is 2.00 bits per heavy atom. The topological polar surface area (TPSA) is 48.0 Å². The van der Waals surface area contributed by atoms with E-state index < -0.39 is 5.82 Å². The Hall–Kier alpha value is -3.14.